The van der Waals surface area contributed by atoms with Crippen molar-refractivity contribution in [3.05, 3.63) is 64.1 Å². The molecule has 3 aromatic rings. The second-order valence-corrected chi connectivity index (χ2v) is 6.51. The van der Waals surface area contributed by atoms with Crippen LogP contribution in [0, 0.1) is 0 Å². The van der Waals surface area contributed by atoms with E-state index in [9.17, 15) is 23.1 Å². The molecule has 0 N–H and O–H groups in total. The number of rotatable bonds is 5. The third-order valence-corrected chi connectivity index (χ3v) is 4.25. The normalized spacial score (nSPS) is 11.5. The molecule has 0 spiro atoms. The highest BCUT2D eigenvalue weighted by atomic mass is 35.5. The summed E-state index contributed by atoms with van der Waals surface area (Å²) in [5, 5.41) is 11.4. The summed E-state index contributed by atoms with van der Waals surface area (Å²) in [5.41, 5.74) is -0.983. The van der Waals surface area contributed by atoms with Gasteiger partial charge in [0.05, 0.1) is 21.6 Å². The smallest absolute Gasteiger partial charge is 0.416 e. The summed E-state index contributed by atoms with van der Waals surface area (Å²) in [5.74, 6) is -0.892. The summed E-state index contributed by atoms with van der Waals surface area (Å²) in [6, 6.07) is 11.2. The van der Waals surface area contributed by atoms with Crippen LogP contribution in [0.25, 0.3) is 10.8 Å². The summed E-state index contributed by atoms with van der Waals surface area (Å²) in [7, 11) is 0. The third kappa shape index (κ3) is 4.61. The second kappa shape index (κ2) is 7.77. The first-order chi connectivity index (χ1) is 13.1. The summed E-state index contributed by atoms with van der Waals surface area (Å²) in [6.45, 7) is -0.599. The largest absolute Gasteiger partial charge is 0.546 e. The van der Waals surface area contributed by atoms with Gasteiger partial charge in [-0.15, -0.1) is 0 Å². The van der Waals surface area contributed by atoms with Crippen molar-refractivity contribution in [2.75, 3.05) is 6.61 Å². The zero-order valence-corrected chi connectivity index (χ0v) is 15.4. The lowest BCUT2D eigenvalue weighted by atomic mass is 10.1. The molecular formula is C19H10Cl2F3O4-. The fraction of sp³-hybridized carbons (Fsp3) is 0.105. The van der Waals surface area contributed by atoms with Crippen LogP contribution >= 0.6 is 23.2 Å². The van der Waals surface area contributed by atoms with E-state index in [2.05, 4.69) is 0 Å². The fourth-order valence-electron chi connectivity index (χ4n) is 2.44. The van der Waals surface area contributed by atoms with Gasteiger partial charge in [0, 0.05) is 0 Å². The van der Waals surface area contributed by atoms with Gasteiger partial charge in [-0.05, 0) is 47.2 Å². The Labute approximate surface area is 167 Å². The molecule has 0 saturated carbocycles. The lowest BCUT2D eigenvalue weighted by Gasteiger charge is -2.14. The first-order valence-corrected chi connectivity index (χ1v) is 8.49. The maximum Gasteiger partial charge on any atom is 0.416 e. The van der Waals surface area contributed by atoms with Gasteiger partial charge in [0.2, 0.25) is 0 Å². The number of alkyl halides is 3. The number of hydrogen-bond acceptors (Lipinski definition) is 4. The van der Waals surface area contributed by atoms with Crippen molar-refractivity contribution < 1.29 is 32.5 Å². The Kier molecular flexibility index (Phi) is 5.58. The Balaban J connectivity index is 1.91. The van der Waals surface area contributed by atoms with Crippen molar-refractivity contribution in [1.29, 1.82) is 0 Å². The van der Waals surface area contributed by atoms with Gasteiger partial charge in [-0.1, -0.05) is 35.3 Å². The Bertz CT molecular complexity index is 1030. The van der Waals surface area contributed by atoms with Gasteiger partial charge < -0.3 is 19.4 Å². The van der Waals surface area contributed by atoms with Gasteiger partial charge in [-0.3, -0.25) is 0 Å². The van der Waals surface area contributed by atoms with E-state index in [0.717, 1.165) is 17.5 Å². The molecule has 146 valence electrons. The number of carbonyl (C=O) groups excluding carboxylic acids is 1. The molecule has 0 aromatic heterocycles. The summed E-state index contributed by atoms with van der Waals surface area (Å²) >= 11 is 11.8. The van der Waals surface area contributed by atoms with E-state index in [-0.39, 0.29) is 21.5 Å². The topological polar surface area (TPSA) is 58.6 Å². The molecule has 0 atom stereocenters. The Hall–Kier alpha value is -2.64. The minimum Gasteiger partial charge on any atom is -0.546 e. The van der Waals surface area contributed by atoms with Crippen LogP contribution in [-0.4, -0.2) is 12.6 Å². The van der Waals surface area contributed by atoms with Crippen LogP contribution in [0.4, 0.5) is 13.2 Å². The van der Waals surface area contributed by atoms with Crippen molar-refractivity contribution in [2.24, 2.45) is 0 Å². The number of hydrogen-bond donors (Lipinski definition) is 0. The molecule has 0 saturated heterocycles. The molecule has 0 aliphatic rings. The lowest BCUT2D eigenvalue weighted by Crippen LogP contribution is -2.28. The van der Waals surface area contributed by atoms with Crippen LogP contribution in [-0.2, 0) is 11.0 Å². The molecule has 28 heavy (non-hydrogen) atoms. The second-order valence-electron chi connectivity index (χ2n) is 5.70. The molecule has 4 nitrogen and oxygen atoms in total. The van der Waals surface area contributed by atoms with Crippen molar-refractivity contribution in [3.8, 4) is 17.2 Å². The quantitative estimate of drug-likeness (QED) is 0.566. The van der Waals surface area contributed by atoms with Crippen LogP contribution in [0.1, 0.15) is 5.56 Å². The molecule has 9 heteroatoms. The van der Waals surface area contributed by atoms with Crippen LogP contribution in [0.5, 0.6) is 17.2 Å². The molecule has 0 bridgehead atoms. The molecular weight excluding hydrogens is 420 g/mol. The van der Waals surface area contributed by atoms with Gasteiger partial charge in [0.25, 0.3) is 0 Å². The van der Waals surface area contributed by atoms with Gasteiger partial charge in [0.15, 0.2) is 5.75 Å². The zero-order chi connectivity index (χ0) is 20.5. The molecule has 0 aliphatic heterocycles. The molecule has 3 rings (SSSR count). The van der Waals surface area contributed by atoms with Crippen molar-refractivity contribution in [2.45, 2.75) is 6.18 Å². The minimum atomic E-state index is -4.59. The molecule has 0 amide bonds. The maximum atomic E-state index is 12.8. The van der Waals surface area contributed by atoms with Gasteiger partial charge in [-0.25, -0.2) is 0 Å². The number of ether oxygens (including phenoxy) is 2. The number of carboxylic acids is 1. The highest BCUT2D eigenvalue weighted by Gasteiger charge is 2.32. The van der Waals surface area contributed by atoms with Crippen LogP contribution < -0.4 is 14.6 Å². The molecule has 0 fully saturated rings. The van der Waals surface area contributed by atoms with Gasteiger partial charge in [0.1, 0.15) is 18.1 Å². The SMILES string of the molecule is O=C([O-])COc1ccc2ccc(Oc3c(Cl)cc(C(F)(F)F)cc3Cl)cc2c1. The van der Waals surface area contributed by atoms with Crippen molar-refractivity contribution >= 4 is 39.9 Å². The summed E-state index contributed by atoms with van der Waals surface area (Å²) in [4.78, 5) is 10.5. The van der Waals surface area contributed by atoms with E-state index >= 15 is 0 Å². The Morgan fingerprint density at radius 2 is 1.50 bits per heavy atom. The van der Waals surface area contributed by atoms with E-state index in [1.807, 2.05) is 0 Å². The number of aliphatic carboxylic acids is 1. The number of carboxylic acid groups (broad SMARTS) is 1. The van der Waals surface area contributed by atoms with Crippen LogP contribution in [0.2, 0.25) is 10.0 Å². The summed E-state index contributed by atoms with van der Waals surface area (Å²) < 4.78 is 49.1. The average Bonchev–Trinajstić information content (AvgIpc) is 2.61. The number of carbonyl (C=O) groups is 1. The molecule has 0 unspecified atom stereocenters. The number of halogens is 5. The van der Waals surface area contributed by atoms with E-state index in [4.69, 9.17) is 32.7 Å². The first-order valence-electron chi connectivity index (χ1n) is 7.74. The summed E-state index contributed by atoms with van der Waals surface area (Å²) in [6.07, 6.45) is -4.59. The molecule has 0 heterocycles. The average molecular weight is 430 g/mol. The molecule has 3 aromatic carbocycles. The zero-order valence-electron chi connectivity index (χ0n) is 13.8. The third-order valence-electron chi connectivity index (χ3n) is 3.69. The highest BCUT2D eigenvalue weighted by molar-refractivity contribution is 6.37. The Morgan fingerprint density at radius 1 is 0.929 bits per heavy atom. The lowest BCUT2D eigenvalue weighted by molar-refractivity contribution is -0.307. The minimum absolute atomic E-state index is 0.111. The van der Waals surface area contributed by atoms with Gasteiger partial charge in [-0.2, -0.15) is 13.2 Å². The van der Waals surface area contributed by atoms with Crippen LogP contribution in [0.3, 0.4) is 0 Å². The van der Waals surface area contributed by atoms with Crippen molar-refractivity contribution in [3.63, 3.8) is 0 Å². The first kappa shape index (κ1) is 20.1. The highest BCUT2D eigenvalue weighted by Crippen LogP contribution is 2.42. The number of benzene rings is 3. The standard InChI is InChI=1S/C19H11Cl2F3O4/c20-15-7-12(19(22,23)24)8-16(21)18(15)28-14-4-2-10-1-3-13(5-11(10)6-14)27-9-17(25)26/h1-8H,9H2,(H,25,26)/p-1. The monoisotopic (exact) mass is 429 g/mol. The maximum absolute atomic E-state index is 12.8. The Morgan fingerprint density at radius 3 is 2.07 bits per heavy atom. The molecule has 0 radical (unpaired) electrons. The van der Waals surface area contributed by atoms with E-state index in [1.54, 1.807) is 36.4 Å². The van der Waals surface area contributed by atoms with Crippen molar-refractivity contribution in [1.82, 2.24) is 0 Å². The van der Waals surface area contributed by atoms with E-state index in [0.29, 0.717) is 11.1 Å². The van der Waals surface area contributed by atoms with Crippen LogP contribution in [0.15, 0.2) is 48.5 Å². The van der Waals surface area contributed by atoms with E-state index in [1.165, 1.54) is 0 Å². The predicted molar refractivity (Wildman–Crippen MR) is 96.0 cm³/mol. The fourth-order valence-corrected chi connectivity index (χ4v) is 3.00. The van der Waals surface area contributed by atoms with E-state index < -0.39 is 24.3 Å². The van der Waals surface area contributed by atoms with Gasteiger partial charge >= 0.3 is 6.18 Å². The molecule has 0 aliphatic carbocycles. The predicted octanol–water partition coefficient (Wildman–Crippen LogP) is 5.09. The number of fused-ring (bicyclic) bond motifs is 1.